The minimum atomic E-state index is -0.732. The van der Waals surface area contributed by atoms with Crippen LogP contribution in [-0.4, -0.2) is 42.5 Å². The van der Waals surface area contributed by atoms with Crippen LogP contribution in [0.1, 0.15) is 24.4 Å². The lowest BCUT2D eigenvalue weighted by atomic mass is 10.1. The molecule has 19 heavy (non-hydrogen) atoms. The van der Waals surface area contributed by atoms with E-state index < -0.39 is 18.4 Å². The Balaban J connectivity index is 2.15. The molecule has 1 amide bonds. The van der Waals surface area contributed by atoms with Crippen molar-refractivity contribution in [1.82, 2.24) is 10.2 Å². The van der Waals surface area contributed by atoms with Gasteiger partial charge < -0.3 is 15.2 Å². The van der Waals surface area contributed by atoms with E-state index in [9.17, 15) is 9.90 Å². The molecule has 1 aromatic carbocycles. The van der Waals surface area contributed by atoms with E-state index in [0.717, 1.165) is 31.5 Å². The van der Waals surface area contributed by atoms with Crippen molar-refractivity contribution in [3.05, 3.63) is 35.9 Å². The number of methoxy groups -OCH3 is 1. The molecule has 0 bridgehead atoms. The molecule has 5 heteroatoms. The molecule has 2 N–H and O–H groups in total. The van der Waals surface area contributed by atoms with Crippen molar-refractivity contribution in [2.45, 2.75) is 25.1 Å². The molecule has 1 aliphatic rings. The smallest absolute Gasteiger partial charge is 0.407 e. The summed E-state index contributed by atoms with van der Waals surface area (Å²) >= 11 is 0. The fourth-order valence-electron chi connectivity index (χ4n) is 2.39. The molecule has 5 nitrogen and oxygen atoms in total. The number of nitrogens with zero attached hydrogens (tertiary/aromatic N) is 1. The van der Waals surface area contributed by atoms with Crippen molar-refractivity contribution in [2.24, 2.45) is 0 Å². The van der Waals surface area contributed by atoms with Gasteiger partial charge in [-0.2, -0.15) is 0 Å². The van der Waals surface area contributed by atoms with Gasteiger partial charge in [-0.15, -0.1) is 0 Å². The maximum absolute atomic E-state index is 11.5. The Morgan fingerprint density at radius 3 is 2.53 bits per heavy atom. The van der Waals surface area contributed by atoms with E-state index in [1.807, 2.05) is 35.2 Å². The monoisotopic (exact) mass is 264 g/mol. The lowest BCUT2D eigenvalue weighted by Gasteiger charge is -2.30. The molecule has 1 saturated heterocycles. The van der Waals surface area contributed by atoms with E-state index in [-0.39, 0.29) is 0 Å². The number of hydrogen-bond donors (Lipinski definition) is 2. The fraction of sp³-hybridized carbons (Fsp3) is 0.500. The number of aliphatic hydroxyl groups is 1. The van der Waals surface area contributed by atoms with Gasteiger partial charge in [0.05, 0.1) is 13.2 Å². The highest BCUT2D eigenvalue weighted by Crippen LogP contribution is 2.22. The first-order chi connectivity index (χ1) is 9.22. The van der Waals surface area contributed by atoms with Crippen molar-refractivity contribution in [2.75, 3.05) is 20.2 Å². The summed E-state index contributed by atoms with van der Waals surface area (Å²) in [5.74, 6) is 0. The highest BCUT2D eigenvalue weighted by Gasteiger charge is 2.30. The van der Waals surface area contributed by atoms with Crippen LogP contribution in [-0.2, 0) is 4.74 Å². The number of ether oxygens (including phenoxy) is 1. The van der Waals surface area contributed by atoms with Crippen LogP contribution in [0.4, 0.5) is 4.79 Å². The quantitative estimate of drug-likeness (QED) is 0.865. The second kappa shape index (κ2) is 6.54. The van der Waals surface area contributed by atoms with E-state index in [0.29, 0.717) is 0 Å². The lowest BCUT2D eigenvalue weighted by Crippen LogP contribution is -2.45. The molecule has 1 aromatic rings. The van der Waals surface area contributed by atoms with Crippen LogP contribution >= 0.6 is 0 Å². The first-order valence-electron chi connectivity index (χ1n) is 6.54. The molecule has 104 valence electrons. The largest absolute Gasteiger partial charge is 0.453 e. The summed E-state index contributed by atoms with van der Waals surface area (Å²) in [6.07, 6.45) is 0.893. The van der Waals surface area contributed by atoms with Gasteiger partial charge in [0.2, 0.25) is 0 Å². The van der Waals surface area contributed by atoms with Crippen LogP contribution in [0.25, 0.3) is 0 Å². The summed E-state index contributed by atoms with van der Waals surface area (Å²) in [4.78, 5) is 13.4. The average Bonchev–Trinajstić information content (AvgIpc) is 2.99. The normalized spacial score (nSPS) is 18.8. The molecule has 0 aliphatic carbocycles. The summed E-state index contributed by atoms with van der Waals surface area (Å²) in [7, 11) is 1.32. The van der Waals surface area contributed by atoms with E-state index in [1.54, 1.807) is 0 Å². The minimum absolute atomic E-state index is 0.480. The van der Waals surface area contributed by atoms with Gasteiger partial charge in [-0.3, -0.25) is 4.90 Å². The fourth-order valence-corrected chi connectivity index (χ4v) is 2.39. The zero-order chi connectivity index (χ0) is 13.7. The third-order valence-electron chi connectivity index (χ3n) is 3.43. The van der Waals surface area contributed by atoms with Gasteiger partial charge in [-0.25, -0.2) is 4.79 Å². The molecule has 1 heterocycles. The Bertz CT molecular complexity index is 404. The summed E-state index contributed by atoms with van der Waals surface area (Å²) in [5, 5.41) is 13.2. The SMILES string of the molecule is COC(=O)N[C@H](c1ccccc1)C(O)N1CCCC1. The molecule has 0 radical (unpaired) electrons. The first-order valence-corrected chi connectivity index (χ1v) is 6.54. The predicted molar refractivity (Wildman–Crippen MR) is 71.5 cm³/mol. The van der Waals surface area contributed by atoms with Gasteiger partial charge in [0.1, 0.15) is 6.23 Å². The second-order valence-electron chi connectivity index (χ2n) is 4.68. The number of nitrogens with one attached hydrogen (secondary N) is 1. The molecule has 0 aromatic heterocycles. The molecule has 1 aliphatic heterocycles. The lowest BCUT2D eigenvalue weighted by molar-refractivity contribution is -0.0103. The highest BCUT2D eigenvalue weighted by molar-refractivity contribution is 5.67. The van der Waals surface area contributed by atoms with E-state index in [1.165, 1.54) is 7.11 Å². The number of carbonyl (C=O) groups excluding carboxylic acids is 1. The molecular formula is C14H20N2O3. The molecule has 1 fully saturated rings. The van der Waals surface area contributed by atoms with Crippen LogP contribution in [0.5, 0.6) is 0 Å². The van der Waals surface area contributed by atoms with Crippen molar-refractivity contribution in [3.63, 3.8) is 0 Å². The predicted octanol–water partition coefficient (Wildman–Crippen LogP) is 1.50. The van der Waals surface area contributed by atoms with E-state index >= 15 is 0 Å². The summed E-state index contributed by atoms with van der Waals surface area (Å²) in [6.45, 7) is 1.71. The number of likely N-dealkylation sites (tertiary alicyclic amines) is 1. The van der Waals surface area contributed by atoms with Crippen LogP contribution in [0.15, 0.2) is 30.3 Å². The summed E-state index contributed by atoms with van der Waals surface area (Å²) in [5.41, 5.74) is 0.868. The van der Waals surface area contributed by atoms with Crippen LogP contribution in [0.2, 0.25) is 0 Å². The standard InChI is InChI=1S/C14H20N2O3/c1-19-14(18)15-12(11-7-3-2-4-8-11)13(17)16-9-5-6-10-16/h2-4,7-8,12-13,17H,5-6,9-10H2,1H3,(H,15,18)/t12-,13?/m1/s1. The topological polar surface area (TPSA) is 61.8 Å². The number of alkyl carbamates (subject to hydrolysis) is 1. The molecule has 2 atom stereocenters. The highest BCUT2D eigenvalue weighted by atomic mass is 16.5. The number of rotatable bonds is 4. The maximum atomic E-state index is 11.5. The third-order valence-corrected chi connectivity index (χ3v) is 3.43. The molecule has 2 rings (SSSR count). The van der Waals surface area contributed by atoms with E-state index in [4.69, 9.17) is 0 Å². The van der Waals surface area contributed by atoms with Crippen molar-refractivity contribution >= 4 is 6.09 Å². The number of aliphatic hydroxyl groups excluding tert-OH is 1. The van der Waals surface area contributed by atoms with Gasteiger partial charge in [0, 0.05) is 13.1 Å². The zero-order valence-corrected chi connectivity index (χ0v) is 11.1. The van der Waals surface area contributed by atoms with E-state index in [2.05, 4.69) is 10.1 Å². The summed E-state index contributed by atoms with van der Waals surface area (Å²) in [6, 6.07) is 8.98. The van der Waals surface area contributed by atoms with Crippen LogP contribution < -0.4 is 5.32 Å². The third kappa shape index (κ3) is 3.45. The van der Waals surface area contributed by atoms with Gasteiger partial charge in [0.25, 0.3) is 0 Å². The second-order valence-corrected chi connectivity index (χ2v) is 4.68. The van der Waals surface area contributed by atoms with Gasteiger partial charge in [-0.1, -0.05) is 30.3 Å². The first kappa shape index (κ1) is 13.8. The van der Waals surface area contributed by atoms with Crippen molar-refractivity contribution < 1.29 is 14.6 Å². The van der Waals surface area contributed by atoms with Crippen LogP contribution in [0, 0.1) is 0 Å². The van der Waals surface area contributed by atoms with Crippen LogP contribution in [0.3, 0.4) is 0 Å². The number of benzene rings is 1. The Kier molecular flexibility index (Phi) is 4.76. The Morgan fingerprint density at radius 2 is 1.95 bits per heavy atom. The Morgan fingerprint density at radius 1 is 1.32 bits per heavy atom. The molecule has 0 spiro atoms. The van der Waals surface area contributed by atoms with Crippen molar-refractivity contribution in [3.8, 4) is 0 Å². The van der Waals surface area contributed by atoms with Gasteiger partial charge in [0.15, 0.2) is 0 Å². The number of carbonyl (C=O) groups is 1. The Hall–Kier alpha value is -1.59. The zero-order valence-electron chi connectivity index (χ0n) is 11.1. The molecule has 1 unspecified atom stereocenters. The molecular weight excluding hydrogens is 244 g/mol. The molecule has 0 saturated carbocycles. The van der Waals surface area contributed by atoms with Crippen molar-refractivity contribution in [1.29, 1.82) is 0 Å². The number of amides is 1. The van der Waals surface area contributed by atoms with Gasteiger partial charge >= 0.3 is 6.09 Å². The van der Waals surface area contributed by atoms with Gasteiger partial charge in [-0.05, 0) is 18.4 Å². The average molecular weight is 264 g/mol. The number of hydrogen-bond acceptors (Lipinski definition) is 4. The Labute approximate surface area is 113 Å². The summed E-state index contributed by atoms with van der Waals surface area (Å²) < 4.78 is 4.64. The minimum Gasteiger partial charge on any atom is -0.453 e. The maximum Gasteiger partial charge on any atom is 0.407 e.